The average molecular weight is 428 g/mol. The Bertz CT molecular complexity index is 1350. The van der Waals surface area contributed by atoms with Crippen LogP contribution in [0.4, 0.5) is 13.2 Å². The summed E-state index contributed by atoms with van der Waals surface area (Å²) < 4.78 is 53.5. The summed E-state index contributed by atoms with van der Waals surface area (Å²) in [5.74, 6) is -4.66. The fourth-order valence-corrected chi connectivity index (χ4v) is 3.62. The molecular weight excluding hydrogens is 411 g/mol. The van der Waals surface area contributed by atoms with Crippen molar-refractivity contribution in [3.63, 3.8) is 0 Å². The average Bonchev–Trinajstić information content (AvgIpc) is 2.77. The van der Waals surface area contributed by atoms with Gasteiger partial charge in [0.05, 0.1) is 24.1 Å². The van der Waals surface area contributed by atoms with E-state index >= 15 is 0 Å². The van der Waals surface area contributed by atoms with Crippen LogP contribution in [0.25, 0.3) is 21.8 Å². The largest absolute Gasteiger partial charge is 0.497 e. The number of aryl methyl sites for hydroxylation is 1. The fourth-order valence-electron chi connectivity index (χ4n) is 3.62. The van der Waals surface area contributed by atoms with Crippen LogP contribution < -0.4 is 14.0 Å². The lowest BCUT2D eigenvalue weighted by molar-refractivity contribution is -0.617. The van der Waals surface area contributed by atoms with Crippen LogP contribution in [0.15, 0.2) is 48.5 Å². The fraction of sp³-hybridized carbons (Fsp3) is 0.130. The van der Waals surface area contributed by atoms with E-state index in [9.17, 15) is 23.1 Å². The molecule has 0 spiro atoms. The van der Waals surface area contributed by atoms with Gasteiger partial charge in [-0.3, -0.25) is 0 Å². The number of halogens is 3. The van der Waals surface area contributed by atoms with Gasteiger partial charge in [0.25, 0.3) is 0 Å². The van der Waals surface area contributed by atoms with Crippen molar-refractivity contribution in [1.82, 2.24) is 0 Å². The summed E-state index contributed by atoms with van der Waals surface area (Å²) in [4.78, 5) is 12.2. The maximum Gasteiger partial charge on any atom is 0.337 e. The third-order valence-electron chi connectivity index (χ3n) is 5.16. The van der Waals surface area contributed by atoms with E-state index in [2.05, 4.69) is 0 Å². The van der Waals surface area contributed by atoms with Gasteiger partial charge >= 0.3 is 5.97 Å². The summed E-state index contributed by atoms with van der Waals surface area (Å²) in [5, 5.41) is 10.7. The van der Waals surface area contributed by atoms with Gasteiger partial charge < -0.3 is 14.6 Å². The topological polar surface area (TPSA) is 59.6 Å². The Morgan fingerprint density at radius 3 is 2.52 bits per heavy atom. The lowest BCUT2D eigenvalue weighted by atomic mass is 10.0. The molecule has 8 heteroatoms. The number of benzene rings is 3. The predicted molar refractivity (Wildman–Crippen MR) is 107 cm³/mol. The zero-order valence-corrected chi connectivity index (χ0v) is 16.6. The molecule has 1 N–H and O–H groups in total. The minimum atomic E-state index is -1.59. The lowest BCUT2D eigenvalue weighted by Crippen LogP contribution is -2.31. The van der Waals surface area contributed by atoms with E-state index in [-0.39, 0.29) is 16.9 Å². The second kappa shape index (κ2) is 7.79. The van der Waals surface area contributed by atoms with Gasteiger partial charge in [0, 0.05) is 11.6 Å². The third kappa shape index (κ3) is 3.39. The van der Waals surface area contributed by atoms with Crippen molar-refractivity contribution in [1.29, 1.82) is 0 Å². The monoisotopic (exact) mass is 428 g/mol. The van der Waals surface area contributed by atoms with Gasteiger partial charge in [0.1, 0.15) is 30.5 Å². The summed E-state index contributed by atoms with van der Waals surface area (Å²) in [6.45, 7) is -0.411. The van der Waals surface area contributed by atoms with Gasteiger partial charge in [0.15, 0.2) is 17.5 Å². The highest BCUT2D eigenvalue weighted by Gasteiger charge is 2.26. The van der Waals surface area contributed by atoms with Crippen LogP contribution >= 0.6 is 0 Å². The predicted octanol–water partition coefficient (Wildman–Crippen LogP) is 4.52. The number of nitrogens with zero attached hydrogens (tertiary/aromatic N) is 1. The van der Waals surface area contributed by atoms with E-state index < -0.39 is 30.0 Å². The van der Waals surface area contributed by atoms with Crippen LogP contribution in [0.5, 0.6) is 11.5 Å². The van der Waals surface area contributed by atoms with Crippen LogP contribution in [0, 0.1) is 17.5 Å². The molecule has 158 valence electrons. The summed E-state index contributed by atoms with van der Waals surface area (Å²) in [6, 6.07) is 11.8. The number of aromatic nitrogens is 1. The SMILES string of the molecule is COc1ccc2c(C(=O)O)c3c(OCc4ccc(F)c(F)c4F)cccc3[n+](C)c2c1. The molecule has 0 aliphatic heterocycles. The molecule has 5 nitrogen and oxygen atoms in total. The first kappa shape index (κ1) is 20.5. The minimum Gasteiger partial charge on any atom is -0.497 e. The first-order chi connectivity index (χ1) is 14.8. The molecule has 4 aromatic rings. The van der Waals surface area contributed by atoms with Crippen molar-refractivity contribution in [3.05, 3.63) is 77.1 Å². The summed E-state index contributed by atoms with van der Waals surface area (Å²) >= 11 is 0. The highest BCUT2D eigenvalue weighted by molar-refractivity contribution is 6.14. The van der Waals surface area contributed by atoms with Crippen molar-refractivity contribution >= 4 is 27.8 Å². The molecule has 0 radical (unpaired) electrons. The molecule has 0 amide bonds. The number of aromatic carboxylic acids is 1. The summed E-state index contributed by atoms with van der Waals surface area (Å²) in [7, 11) is 3.29. The Morgan fingerprint density at radius 2 is 1.81 bits per heavy atom. The van der Waals surface area contributed by atoms with Crippen LogP contribution in [0.2, 0.25) is 0 Å². The first-order valence-corrected chi connectivity index (χ1v) is 9.24. The Morgan fingerprint density at radius 1 is 1.03 bits per heavy atom. The van der Waals surface area contributed by atoms with Crippen molar-refractivity contribution < 1.29 is 37.1 Å². The number of ether oxygens (including phenoxy) is 2. The second-order valence-corrected chi connectivity index (χ2v) is 6.90. The smallest absolute Gasteiger partial charge is 0.337 e. The number of carboxylic acids is 1. The zero-order chi connectivity index (χ0) is 22.3. The van der Waals surface area contributed by atoms with Crippen LogP contribution in [0.3, 0.4) is 0 Å². The molecule has 0 unspecified atom stereocenters. The number of pyridine rings is 1. The van der Waals surface area contributed by atoms with Gasteiger partial charge in [-0.1, -0.05) is 6.07 Å². The highest BCUT2D eigenvalue weighted by atomic mass is 19.2. The molecule has 4 rings (SSSR count). The number of hydrogen-bond acceptors (Lipinski definition) is 3. The maximum absolute atomic E-state index is 14.0. The zero-order valence-electron chi connectivity index (χ0n) is 16.6. The molecule has 3 aromatic carbocycles. The third-order valence-corrected chi connectivity index (χ3v) is 5.16. The van der Waals surface area contributed by atoms with Crippen molar-refractivity contribution in [2.24, 2.45) is 7.05 Å². The lowest BCUT2D eigenvalue weighted by Gasteiger charge is -2.13. The number of rotatable bonds is 5. The number of hydrogen-bond donors (Lipinski definition) is 1. The van der Waals surface area contributed by atoms with E-state index in [1.165, 1.54) is 7.11 Å². The molecule has 0 aliphatic carbocycles. The molecule has 31 heavy (non-hydrogen) atoms. The standard InChI is InChI=1S/C23H16F3NO4/c1-27-16-4-3-5-18(31-11-12-6-9-15(24)22(26)21(12)25)20(16)19(23(28)29)14-8-7-13(30-2)10-17(14)27/h3-10H,11H2,1-2H3/p+1. The Kier molecular flexibility index (Phi) is 5.14. The number of fused-ring (bicyclic) bond motifs is 2. The van der Waals surface area contributed by atoms with Gasteiger partial charge in [-0.25, -0.2) is 18.0 Å². The minimum absolute atomic E-state index is 0.00658. The Hall–Kier alpha value is -3.81. The van der Waals surface area contributed by atoms with Gasteiger partial charge in [0.2, 0.25) is 11.0 Å². The van der Waals surface area contributed by atoms with Crippen LogP contribution in [-0.2, 0) is 13.7 Å². The first-order valence-electron chi connectivity index (χ1n) is 9.24. The summed E-state index contributed by atoms with van der Waals surface area (Å²) in [5.41, 5.74) is 1.00. The molecule has 0 atom stereocenters. The Balaban J connectivity index is 1.91. The van der Waals surface area contributed by atoms with E-state index in [1.54, 1.807) is 48.0 Å². The van der Waals surface area contributed by atoms with Crippen LogP contribution in [-0.4, -0.2) is 18.2 Å². The van der Waals surface area contributed by atoms with Crippen molar-refractivity contribution in [3.8, 4) is 11.5 Å². The molecule has 0 bridgehead atoms. The van der Waals surface area contributed by atoms with Crippen molar-refractivity contribution in [2.75, 3.05) is 7.11 Å². The van der Waals surface area contributed by atoms with Crippen LogP contribution in [0.1, 0.15) is 15.9 Å². The number of carbonyl (C=O) groups is 1. The second-order valence-electron chi connectivity index (χ2n) is 6.90. The molecule has 0 fully saturated rings. The van der Waals surface area contributed by atoms with E-state index in [4.69, 9.17) is 9.47 Å². The molecule has 0 saturated carbocycles. The van der Waals surface area contributed by atoms with E-state index in [0.717, 1.165) is 12.1 Å². The van der Waals surface area contributed by atoms with E-state index in [1.807, 2.05) is 0 Å². The number of methoxy groups -OCH3 is 1. The van der Waals surface area contributed by atoms with E-state index in [0.29, 0.717) is 27.6 Å². The molecular formula is C23H17F3NO4+. The Labute approximate surface area is 174 Å². The normalized spacial score (nSPS) is 11.1. The quantitative estimate of drug-likeness (QED) is 0.289. The molecule has 1 heterocycles. The highest BCUT2D eigenvalue weighted by Crippen LogP contribution is 2.33. The molecule has 0 saturated heterocycles. The van der Waals surface area contributed by atoms with Gasteiger partial charge in [-0.05, 0) is 30.3 Å². The maximum atomic E-state index is 14.0. The summed E-state index contributed by atoms with van der Waals surface area (Å²) in [6.07, 6.45) is 0. The molecule has 0 aliphatic rings. The van der Waals surface area contributed by atoms with Gasteiger partial charge in [-0.15, -0.1) is 0 Å². The van der Waals surface area contributed by atoms with Gasteiger partial charge in [-0.2, -0.15) is 4.57 Å². The van der Waals surface area contributed by atoms with Crippen molar-refractivity contribution in [2.45, 2.75) is 6.61 Å². The molecule has 1 aromatic heterocycles. The number of carboxylic acid groups (broad SMARTS) is 1.